The maximum absolute atomic E-state index is 12.2. The summed E-state index contributed by atoms with van der Waals surface area (Å²) in [5, 5.41) is 2.97. The van der Waals surface area contributed by atoms with Crippen LogP contribution in [0.3, 0.4) is 0 Å². The van der Waals surface area contributed by atoms with Gasteiger partial charge in [0.1, 0.15) is 0 Å². The Labute approximate surface area is 138 Å². The third-order valence-corrected chi connectivity index (χ3v) is 5.40. The highest BCUT2D eigenvalue weighted by atomic mass is 127. The number of nitrogens with one attached hydrogen (secondary N) is 1. The van der Waals surface area contributed by atoms with Crippen LogP contribution in [0.1, 0.15) is 25.7 Å². The van der Waals surface area contributed by atoms with Gasteiger partial charge >= 0.3 is 0 Å². The molecular weight excluding hydrogens is 437 g/mol. The normalized spacial score (nSPS) is 10.5. The van der Waals surface area contributed by atoms with E-state index < -0.39 is 0 Å². The largest absolute Gasteiger partial charge is 0.347 e. The Morgan fingerprint density at radius 1 is 1.37 bits per heavy atom. The average Bonchev–Trinajstić information content (AvgIpc) is 2.69. The van der Waals surface area contributed by atoms with Gasteiger partial charge in [-0.1, -0.05) is 15.9 Å². The first-order valence-electron chi connectivity index (χ1n) is 5.76. The van der Waals surface area contributed by atoms with Crippen LogP contribution in [0.4, 0.5) is 0 Å². The zero-order valence-electron chi connectivity index (χ0n) is 10.6. The molecule has 0 radical (unpaired) electrons. The molecule has 0 fully saturated rings. The minimum absolute atomic E-state index is 0.0330. The second kappa shape index (κ2) is 6.37. The van der Waals surface area contributed by atoms with Gasteiger partial charge in [-0.05, 0) is 66.3 Å². The summed E-state index contributed by atoms with van der Waals surface area (Å²) in [6.07, 6.45) is 0. The van der Waals surface area contributed by atoms with Crippen molar-refractivity contribution >= 4 is 55.8 Å². The van der Waals surface area contributed by atoms with Crippen molar-refractivity contribution in [2.45, 2.75) is 20.4 Å². The molecule has 2 nitrogen and oxygen atoms in total. The quantitative estimate of drug-likeness (QED) is 0.678. The van der Waals surface area contributed by atoms with E-state index in [4.69, 9.17) is 0 Å². The second-order valence-corrected chi connectivity index (χ2v) is 7.68. The van der Waals surface area contributed by atoms with Gasteiger partial charge < -0.3 is 5.32 Å². The second-order valence-electron chi connectivity index (χ2n) is 4.26. The molecule has 0 aliphatic heterocycles. The van der Waals surface area contributed by atoms with Crippen LogP contribution in [-0.2, 0) is 6.54 Å². The molecule has 0 bridgehead atoms. The fourth-order valence-electron chi connectivity index (χ4n) is 1.67. The molecule has 5 heteroatoms. The van der Waals surface area contributed by atoms with Crippen LogP contribution in [-0.4, -0.2) is 5.91 Å². The maximum atomic E-state index is 12.2. The molecule has 2 aromatic rings. The van der Waals surface area contributed by atoms with Crippen LogP contribution in [0.2, 0.25) is 0 Å². The monoisotopic (exact) mass is 449 g/mol. The van der Waals surface area contributed by atoms with E-state index in [1.165, 1.54) is 15.3 Å². The summed E-state index contributed by atoms with van der Waals surface area (Å²) < 4.78 is 1.87. The van der Waals surface area contributed by atoms with Crippen molar-refractivity contribution in [3.8, 4) is 0 Å². The van der Waals surface area contributed by atoms with Crippen molar-refractivity contribution in [3.05, 3.63) is 53.2 Å². The molecule has 19 heavy (non-hydrogen) atoms. The number of amides is 1. The summed E-state index contributed by atoms with van der Waals surface area (Å²) in [6, 6.07) is 7.84. The van der Waals surface area contributed by atoms with E-state index in [-0.39, 0.29) is 5.91 Å². The van der Waals surface area contributed by atoms with Crippen molar-refractivity contribution in [3.63, 3.8) is 0 Å². The molecule has 1 aromatic heterocycles. The predicted octanol–water partition coefficient (Wildman–Crippen LogP) is 4.66. The molecule has 0 unspecified atom stereocenters. The number of thiophene rings is 1. The Hall–Kier alpha value is -0.400. The molecule has 0 aliphatic rings. The topological polar surface area (TPSA) is 29.1 Å². The Balaban J connectivity index is 2.07. The van der Waals surface area contributed by atoms with Crippen molar-refractivity contribution in [2.75, 3.05) is 0 Å². The van der Waals surface area contributed by atoms with Gasteiger partial charge in [0.2, 0.25) is 0 Å². The van der Waals surface area contributed by atoms with E-state index in [9.17, 15) is 4.79 Å². The van der Waals surface area contributed by atoms with E-state index in [0.717, 1.165) is 8.04 Å². The van der Waals surface area contributed by atoms with Gasteiger partial charge in [0.25, 0.3) is 5.91 Å². The van der Waals surface area contributed by atoms with E-state index in [2.05, 4.69) is 63.8 Å². The number of halogens is 2. The van der Waals surface area contributed by atoms with Gasteiger partial charge in [-0.25, -0.2) is 0 Å². The van der Waals surface area contributed by atoms with Gasteiger partial charge in [0, 0.05) is 17.8 Å². The van der Waals surface area contributed by atoms with Gasteiger partial charge in [-0.2, -0.15) is 0 Å². The molecule has 1 amide bonds. The molecule has 0 saturated heterocycles. The van der Waals surface area contributed by atoms with Gasteiger partial charge in [-0.3, -0.25) is 4.79 Å². The number of benzene rings is 1. The first-order valence-corrected chi connectivity index (χ1v) is 8.45. The highest BCUT2D eigenvalue weighted by Crippen LogP contribution is 2.21. The minimum atomic E-state index is -0.0330. The molecule has 2 rings (SSSR count). The molecule has 0 saturated carbocycles. The summed E-state index contributed by atoms with van der Waals surface area (Å²) in [6.45, 7) is 4.78. The maximum Gasteiger partial charge on any atom is 0.252 e. The van der Waals surface area contributed by atoms with Crippen LogP contribution < -0.4 is 5.32 Å². The van der Waals surface area contributed by atoms with Gasteiger partial charge in [0.15, 0.2) is 0 Å². The number of hydrogen-bond acceptors (Lipinski definition) is 2. The van der Waals surface area contributed by atoms with E-state index in [0.29, 0.717) is 12.1 Å². The lowest BCUT2D eigenvalue weighted by atomic mass is 10.2. The Morgan fingerprint density at radius 3 is 2.74 bits per heavy atom. The summed E-state index contributed by atoms with van der Waals surface area (Å²) in [5.74, 6) is -0.0330. The van der Waals surface area contributed by atoms with Gasteiger partial charge in [0.05, 0.1) is 12.1 Å². The van der Waals surface area contributed by atoms with Crippen molar-refractivity contribution in [1.29, 1.82) is 0 Å². The minimum Gasteiger partial charge on any atom is -0.347 e. The SMILES string of the molecule is Cc1cc(CNC(=O)c2cc(Br)ccc2I)sc1C. The van der Waals surface area contributed by atoms with Gasteiger partial charge in [-0.15, -0.1) is 11.3 Å². The lowest BCUT2D eigenvalue weighted by Gasteiger charge is -2.06. The van der Waals surface area contributed by atoms with Crippen LogP contribution >= 0.6 is 49.9 Å². The summed E-state index contributed by atoms with van der Waals surface area (Å²) in [5.41, 5.74) is 1.99. The highest BCUT2D eigenvalue weighted by Gasteiger charge is 2.11. The fraction of sp³-hybridized carbons (Fsp3) is 0.214. The molecule has 0 aliphatic carbocycles. The van der Waals surface area contributed by atoms with Crippen molar-refractivity contribution < 1.29 is 4.79 Å². The Morgan fingerprint density at radius 2 is 2.11 bits per heavy atom. The van der Waals surface area contributed by atoms with Crippen molar-refractivity contribution in [1.82, 2.24) is 5.32 Å². The molecule has 1 aromatic carbocycles. The van der Waals surface area contributed by atoms with E-state index in [1.54, 1.807) is 11.3 Å². The summed E-state index contributed by atoms with van der Waals surface area (Å²) in [4.78, 5) is 14.6. The standard InChI is InChI=1S/C14H13BrINOS/c1-8-5-11(19-9(8)2)7-17-14(18)12-6-10(15)3-4-13(12)16/h3-6H,7H2,1-2H3,(H,17,18). The fourth-order valence-corrected chi connectivity index (χ4v) is 3.61. The Bertz CT molecular complexity index is 604. The first kappa shape index (κ1) is 15.0. The predicted molar refractivity (Wildman–Crippen MR) is 91.8 cm³/mol. The highest BCUT2D eigenvalue weighted by molar-refractivity contribution is 14.1. The van der Waals surface area contributed by atoms with E-state index >= 15 is 0 Å². The lowest BCUT2D eigenvalue weighted by Crippen LogP contribution is -2.23. The molecule has 1 heterocycles. The van der Waals surface area contributed by atoms with Crippen LogP contribution in [0.25, 0.3) is 0 Å². The molecule has 0 atom stereocenters. The zero-order valence-corrected chi connectivity index (χ0v) is 15.1. The summed E-state index contributed by atoms with van der Waals surface area (Å²) in [7, 11) is 0. The zero-order chi connectivity index (χ0) is 14.0. The number of hydrogen-bond donors (Lipinski definition) is 1. The van der Waals surface area contributed by atoms with Crippen LogP contribution in [0, 0.1) is 17.4 Å². The average molecular weight is 450 g/mol. The number of rotatable bonds is 3. The lowest BCUT2D eigenvalue weighted by molar-refractivity contribution is 0.0950. The number of aryl methyl sites for hydroxylation is 2. The molecule has 1 N–H and O–H groups in total. The first-order chi connectivity index (χ1) is 8.97. The third-order valence-electron chi connectivity index (χ3n) is 2.81. The molecule has 100 valence electrons. The van der Waals surface area contributed by atoms with E-state index in [1.807, 2.05) is 18.2 Å². The molecule has 0 spiro atoms. The Kier molecular flexibility index (Phi) is 5.03. The van der Waals surface area contributed by atoms with Crippen LogP contribution in [0.5, 0.6) is 0 Å². The summed E-state index contributed by atoms with van der Waals surface area (Å²) >= 11 is 7.30. The smallest absolute Gasteiger partial charge is 0.252 e. The number of carbonyl (C=O) groups is 1. The van der Waals surface area contributed by atoms with Crippen molar-refractivity contribution in [2.24, 2.45) is 0 Å². The number of carbonyl (C=O) groups excluding carboxylic acids is 1. The third kappa shape index (κ3) is 3.79. The molecular formula is C14H13BrINOS. The van der Waals surface area contributed by atoms with Crippen LogP contribution in [0.15, 0.2) is 28.7 Å².